The fraction of sp³-hybridized carbons (Fsp3) is 0.0714. The van der Waals surface area contributed by atoms with Gasteiger partial charge >= 0.3 is 0 Å². The number of carbonyl (C=O) groups excluding carboxylic acids is 1. The van der Waals surface area contributed by atoms with Gasteiger partial charge in [0.05, 0.1) is 5.69 Å². The predicted octanol–water partition coefficient (Wildman–Crippen LogP) is 3.24. The molecule has 0 atom stereocenters. The van der Waals surface area contributed by atoms with Crippen molar-refractivity contribution in [2.75, 3.05) is 5.73 Å². The Morgan fingerprint density at radius 1 is 1.20 bits per heavy atom. The summed E-state index contributed by atoms with van der Waals surface area (Å²) in [6, 6.07) is 9.27. The van der Waals surface area contributed by atoms with E-state index < -0.39 is 23.1 Å². The molecule has 0 saturated heterocycles. The van der Waals surface area contributed by atoms with Gasteiger partial charge in [-0.1, -0.05) is 34.1 Å². The van der Waals surface area contributed by atoms with E-state index in [0.29, 0.717) is 0 Å². The first kappa shape index (κ1) is 14.5. The number of anilines is 1. The Kier molecular flexibility index (Phi) is 4.34. The lowest BCUT2D eigenvalue weighted by atomic mass is 10.1. The van der Waals surface area contributed by atoms with Crippen LogP contribution in [0, 0.1) is 11.6 Å². The van der Waals surface area contributed by atoms with Gasteiger partial charge in [-0.3, -0.25) is 4.79 Å². The van der Waals surface area contributed by atoms with Gasteiger partial charge in [0, 0.05) is 11.0 Å². The fourth-order valence-corrected chi connectivity index (χ4v) is 2.11. The van der Waals surface area contributed by atoms with Crippen molar-refractivity contribution < 1.29 is 13.6 Å². The zero-order valence-electron chi connectivity index (χ0n) is 10.3. The molecule has 3 N–H and O–H groups in total. The van der Waals surface area contributed by atoms with E-state index >= 15 is 0 Å². The van der Waals surface area contributed by atoms with Gasteiger partial charge in [-0.25, -0.2) is 8.78 Å². The van der Waals surface area contributed by atoms with E-state index in [9.17, 15) is 13.6 Å². The van der Waals surface area contributed by atoms with E-state index in [1.54, 1.807) is 12.1 Å². The average Bonchev–Trinajstić information content (AvgIpc) is 2.42. The molecule has 0 heterocycles. The molecule has 20 heavy (non-hydrogen) atoms. The number of hydrogen-bond donors (Lipinski definition) is 2. The summed E-state index contributed by atoms with van der Waals surface area (Å²) in [6.45, 7) is 0.147. The van der Waals surface area contributed by atoms with Gasteiger partial charge in [-0.05, 0) is 23.8 Å². The first-order chi connectivity index (χ1) is 9.50. The second-order valence-electron chi connectivity index (χ2n) is 4.10. The SMILES string of the molecule is Nc1ccc(F)c(C(=O)NCc2ccccc2Br)c1F. The molecule has 0 spiro atoms. The molecule has 1 amide bonds. The molecule has 2 aromatic carbocycles. The van der Waals surface area contributed by atoms with E-state index in [0.717, 1.165) is 22.2 Å². The summed E-state index contributed by atoms with van der Waals surface area (Å²) in [5, 5.41) is 2.46. The van der Waals surface area contributed by atoms with Crippen molar-refractivity contribution in [1.82, 2.24) is 5.32 Å². The third-order valence-corrected chi connectivity index (χ3v) is 3.52. The van der Waals surface area contributed by atoms with E-state index in [2.05, 4.69) is 21.2 Å². The van der Waals surface area contributed by atoms with Crippen LogP contribution in [0.5, 0.6) is 0 Å². The Bertz CT molecular complexity index is 662. The van der Waals surface area contributed by atoms with Crippen LogP contribution in [0.25, 0.3) is 0 Å². The third kappa shape index (κ3) is 2.96. The molecule has 0 fully saturated rings. The molecule has 0 bridgehead atoms. The third-order valence-electron chi connectivity index (χ3n) is 2.75. The summed E-state index contributed by atoms with van der Waals surface area (Å²) in [4.78, 5) is 11.9. The zero-order valence-corrected chi connectivity index (χ0v) is 11.9. The maximum absolute atomic E-state index is 13.7. The summed E-state index contributed by atoms with van der Waals surface area (Å²) >= 11 is 3.32. The van der Waals surface area contributed by atoms with Crippen LogP contribution in [-0.4, -0.2) is 5.91 Å². The second kappa shape index (κ2) is 6.00. The van der Waals surface area contributed by atoms with Gasteiger partial charge in [0.1, 0.15) is 11.4 Å². The first-order valence-electron chi connectivity index (χ1n) is 5.75. The summed E-state index contributed by atoms with van der Waals surface area (Å²) in [6.07, 6.45) is 0. The number of nitrogens with two attached hydrogens (primary N) is 1. The van der Waals surface area contributed by atoms with Gasteiger partial charge in [0.25, 0.3) is 5.91 Å². The summed E-state index contributed by atoms with van der Waals surface area (Å²) in [5.41, 5.74) is 5.19. The molecule has 0 unspecified atom stereocenters. The summed E-state index contributed by atoms with van der Waals surface area (Å²) < 4.78 is 28.0. The number of halogens is 3. The molecule has 0 aliphatic carbocycles. The molecule has 104 valence electrons. The largest absolute Gasteiger partial charge is 0.396 e. The topological polar surface area (TPSA) is 55.1 Å². The molecule has 3 nitrogen and oxygen atoms in total. The van der Waals surface area contributed by atoms with Crippen LogP contribution in [0.1, 0.15) is 15.9 Å². The highest BCUT2D eigenvalue weighted by molar-refractivity contribution is 9.10. The van der Waals surface area contributed by atoms with Crippen molar-refractivity contribution in [2.24, 2.45) is 0 Å². The quantitative estimate of drug-likeness (QED) is 0.842. The Balaban J connectivity index is 2.18. The molecule has 0 saturated carbocycles. The molecular weight excluding hydrogens is 330 g/mol. The van der Waals surface area contributed by atoms with Crippen LogP contribution < -0.4 is 11.1 Å². The number of benzene rings is 2. The molecule has 0 aliphatic heterocycles. The van der Waals surface area contributed by atoms with Crippen molar-refractivity contribution in [3.8, 4) is 0 Å². The molecule has 0 radical (unpaired) electrons. The zero-order chi connectivity index (χ0) is 14.7. The number of nitrogen functional groups attached to an aromatic ring is 1. The van der Waals surface area contributed by atoms with E-state index in [-0.39, 0.29) is 12.2 Å². The van der Waals surface area contributed by atoms with Crippen molar-refractivity contribution in [3.63, 3.8) is 0 Å². The molecule has 2 aromatic rings. The summed E-state index contributed by atoms with van der Waals surface area (Å²) in [7, 11) is 0. The van der Waals surface area contributed by atoms with Crippen LogP contribution in [-0.2, 0) is 6.54 Å². The standard InChI is InChI=1S/C14H11BrF2N2O/c15-9-4-2-1-3-8(9)7-19-14(20)12-10(16)5-6-11(18)13(12)17/h1-6H,7,18H2,(H,19,20). The maximum atomic E-state index is 13.7. The number of carbonyl (C=O) groups is 1. The van der Waals surface area contributed by atoms with Crippen molar-refractivity contribution in [1.29, 1.82) is 0 Å². The smallest absolute Gasteiger partial charge is 0.257 e. The predicted molar refractivity (Wildman–Crippen MR) is 76.1 cm³/mol. The molecule has 6 heteroatoms. The highest BCUT2D eigenvalue weighted by Crippen LogP contribution is 2.19. The molecule has 0 aliphatic rings. The van der Waals surface area contributed by atoms with E-state index in [1.165, 1.54) is 0 Å². The molecule has 2 rings (SSSR count). The normalized spacial score (nSPS) is 10.3. The Morgan fingerprint density at radius 2 is 1.90 bits per heavy atom. The maximum Gasteiger partial charge on any atom is 0.257 e. The van der Waals surface area contributed by atoms with Crippen LogP contribution in [0.15, 0.2) is 40.9 Å². The van der Waals surface area contributed by atoms with Crippen LogP contribution >= 0.6 is 15.9 Å². The first-order valence-corrected chi connectivity index (χ1v) is 6.55. The lowest BCUT2D eigenvalue weighted by Gasteiger charge is -2.09. The average molecular weight is 341 g/mol. The van der Waals surface area contributed by atoms with Gasteiger partial charge in [-0.15, -0.1) is 0 Å². The monoisotopic (exact) mass is 340 g/mol. The lowest BCUT2D eigenvalue weighted by Crippen LogP contribution is -2.25. The minimum absolute atomic E-state index is 0.147. The minimum atomic E-state index is -1.05. The number of amides is 1. The number of nitrogens with one attached hydrogen (secondary N) is 1. The molecule has 0 aromatic heterocycles. The van der Waals surface area contributed by atoms with E-state index in [4.69, 9.17) is 5.73 Å². The highest BCUT2D eigenvalue weighted by atomic mass is 79.9. The highest BCUT2D eigenvalue weighted by Gasteiger charge is 2.19. The number of hydrogen-bond acceptors (Lipinski definition) is 2. The van der Waals surface area contributed by atoms with Crippen molar-refractivity contribution in [2.45, 2.75) is 6.54 Å². The van der Waals surface area contributed by atoms with Gasteiger partial charge in [-0.2, -0.15) is 0 Å². The van der Waals surface area contributed by atoms with Crippen molar-refractivity contribution >= 4 is 27.5 Å². The summed E-state index contributed by atoms with van der Waals surface area (Å²) in [5.74, 6) is -2.83. The van der Waals surface area contributed by atoms with Crippen LogP contribution in [0.3, 0.4) is 0 Å². The lowest BCUT2D eigenvalue weighted by molar-refractivity contribution is 0.0942. The van der Waals surface area contributed by atoms with Gasteiger partial charge < -0.3 is 11.1 Å². The van der Waals surface area contributed by atoms with E-state index in [1.807, 2.05) is 12.1 Å². The Hall–Kier alpha value is -1.95. The van der Waals surface area contributed by atoms with Gasteiger partial charge in [0.15, 0.2) is 5.82 Å². The van der Waals surface area contributed by atoms with Gasteiger partial charge in [0.2, 0.25) is 0 Å². The van der Waals surface area contributed by atoms with Crippen LogP contribution in [0.2, 0.25) is 0 Å². The minimum Gasteiger partial charge on any atom is -0.396 e. The second-order valence-corrected chi connectivity index (χ2v) is 4.95. The molecular formula is C14H11BrF2N2O. The fourth-order valence-electron chi connectivity index (χ4n) is 1.68. The Labute approximate surface area is 122 Å². The number of rotatable bonds is 3. The van der Waals surface area contributed by atoms with Crippen LogP contribution in [0.4, 0.5) is 14.5 Å². The Morgan fingerprint density at radius 3 is 2.60 bits per heavy atom. The van der Waals surface area contributed by atoms with Crippen molar-refractivity contribution in [3.05, 3.63) is 63.6 Å².